The van der Waals surface area contributed by atoms with Crippen molar-refractivity contribution in [1.29, 1.82) is 0 Å². The fraction of sp³-hybridized carbons (Fsp3) is 0.333. The molecule has 1 aliphatic rings. The van der Waals surface area contributed by atoms with E-state index in [1.54, 1.807) is 0 Å². The molecule has 0 radical (unpaired) electrons. The minimum Gasteiger partial charge on any atom is -0.278 e. The summed E-state index contributed by atoms with van der Waals surface area (Å²) < 4.78 is 0. The molecule has 0 saturated carbocycles. The second-order valence-corrected chi connectivity index (χ2v) is 3.52. The lowest BCUT2D eigenvalue weighted by Crippen LogP contribution is -2.49. The molecule has 0 aromatic carbocycles. The van der Waals surface area contributed by atoms with Gasteiger partial charge in [0.1, 0.15) is 0 Å². The molecule has 6 nitrogen and oxygen atoms in total. The van der Waals surface area contributed by atoms with Gasteiger partial charge >= 0.3 is 6.03 Å². The number of aromatic nitrogens is 2. The van der Waals surface area contributed by atoms with Crippen molar-refractivity contribution in [2.24, 2.45) is 0 Å². The van der Waals surface area contributed by atoms with Crippen LogP contribution in [0.2, 0.25) is 0 Å². The van der Waals surface area contributed by atoms with Crippen molar-refractivity contribution < 1.29 is 9.59 Å². The second kappa shape index (κ2) is 4.44. The third kappa shape index (κ3) is 2.11. The molecule has 0 aliphatic carbocycles. The predicted octanol–water partition coefficient (Wildman–Crippen LogP) is 0.662. The molecule has 0 bridgehead atoms. The van der Waals surface area contributed by atoms with Crippen LogP contribution in [0.25, 0.3) is 0 Å². The molecule has 7 heteroatoms. The van der Waals surface area contributed by atoms with E-state index in [1.165, 1.54) is 17.3 Å². The molecule has 2 heterocycles. The molecule has 84 valence electrons. The maximum absolute atomic E-state index is 11.5. The molecular formula is C9H9ClN4O2. The lowest BCUT2D eigenvalue weighted by Gasteiger charge is -2.25. The molecule has 0 spiro atoms. The van der Waals surface area contributed by atoms with Crippen LogP contribution in [-0.4, -0.2) is 28.5 Å². The minimum atomic E-state index is -0.468. The fourth-order valence-electron chi connectivity index (χ4n) is 1.34. The Hall–Kier alpha value is -1.69. The van der Waals surface area contributed by atoms with Gasteiger partial charge in [-0.15, -0.1) is 11.6 Å². The molecule has 0 atom stereocenters. The van der Waals surface area contributed by atoms with Gasteiger partial charge < -0.3 is 0 Å². The van der Waals surface area contributed by atoms with Crippen LogP contribution in [0.3, 0.4) is 0 Å². The van der Waals surface area contributed by atoms with Gasteiger partial charge in [-0.2, -0.15) is 0 Å². The zero-order valence-corrected chi connectivity index (χ0v) is 9.07. The largest absolute Gasteiger partial charge is 0.329 e. The van der Waals surface area contributed by atoms with Crippen LogP contribution in [-0.2, 0) is 10.7 Å². The highest BCUT2D eigenvalue weighted by molar-refractivity contribution is 6.16. The first-order valence-electron chi connectivity index (χ1n) is 4.69. The maximum atomic E-state index is 11.5. The van der Waals surface area contributed by atoms with Crippen LogP contribution < -0.4 is 10.2 Å². The van der Waals surface area contributed by atoms with Gasteiger partial charge in [-0.3, -0.25) is 20.0 Å². The number of carbonyl (C=O) groups excluding carboxylic acids is 2. The Morgan fingerprint density at radius 2 is 2.19 bits per heavy atom. The van der Waals surface area contributed by atoms with Crippen LogP contribution in [0.15, 0.2) is 12.4 Å². The van der Waals surface area contributed by atoms with Gasteiger partial charge in [-0.25, -0.2) is 9.78 Å². The van der Waals surface area contributed by atoms with Crippen molar-refractivity contribution in [3.63, 3.8) is 0 Å². The topological polar surface area (TPSA) is 75.2 Å². The monoisotopic (exact) mass is 240 g/mol. The van der Waals surface area contributed by atoms with Crippen LogP contribution in [0.1, 0.15) is 12.1 Å². The Bertz CT molecular complexity index is 420. The summed E-state index contributed by atoms with van der Waals surface area (Å²) in [5.41, 5.74) is 0.638. The maximum Gasteiger partial charge on any atom is 0.329 e. The minimum absolute atomic E-state index is 0.269. The normalized spacial score (nSPS) is 16.2. The molecule has 16 heavy (non-hydrogen) atoms. The Labute approximate surface area is 96.6 Å². The number of nitrogens with one attached hydrogen (secondary N) is 1. The molecule has 1 aromatic heterocycles. The van der Waals surface area contributed by atoms with E-state index in [1.807, 2.05) is 0 Å². The van der Waals surface area contributed by atoms with Gasteiger partial charge in [0.05, 0.1) is 24.0 Å². The first kappa shape index (κ1) is 10.8. The number of imide groups is 1. The van der Waals surface area contributed by atoms with E-state index in [0.29, 0.717) is 18.1 Å². The van der Waals surface area contributed by atoms with Crippen molar-refractivity contribution in [3.05, 3.63) is 18.1 Å². The van der Waals surface area contributed by atoms with Gasteiger partial charge in [0.2, 0.25) is 5.91 Å². The average molecular weight is 241 g/mol. The van der Waals surface area contributed by atoms with Gasteiger partial charge in [0.15, 0.2) is 5.82 Å². The zero-order chi connectivity index (χ0) is 11.5. The Morgan fingerprint density at radius 3 is 2.75 bits per heavy atom. The highest BCUT2D eigenvalue weighted by Gasteiger charge is 2.25. The molecular weight excluding hydrogens is 232 g/mol. The van der Waals surface area contributed by atoms with Crippen molar-refractivity contribution in [2.45, 2.75) is 12.3 Å². The summed E-state index contributed by atoms with van der Waals surface area (Å²) in [6.45, 7) is 0.319. The summed E-state index contributed by atoms with van der Waals surface area (Å²) in [6.07, 6.45) is 3.24. The van der Waals surface area contributed by atoms with Crippen molar-refractivity contribution in [1.82, 2.24) is 15.3 Å². The summed E-state index contributed by atoms with van der Waals surface area (Å²) in [4.78, 5) is 31.8. The quantitative estimate of drug-likeness (QED) is 0.771. The number of alkyl halides is 1. The first-order valence-corrected chi connectivity index (χ1v) is 5.22. The van der Waals surface area contributed by atoms with Crippen LogP contribution in [0.5, 0.6) is 0 Å². The Balaban J connectivity index is 2.17. The number of nitrogens with zero attached hydrogens (tertiary/aromatic N) is 3. The lowest BCUT2D eigenvalue weighted by atomic mass is 10.3. The molecule has 1 fully saturated rings. The van der Waals surface area contributed by atoms with Gasteiger partial charge in [-0.05, 0) is 0 Å². The van der Waals surface area contributed by atoms with Crippen LogP contribution in [0.4, 0.5) is 10.6 Å². The molecule has 1 saturated heterocycles. The third-order valence-corrected chi connectivity index (χ3v) is 2.43. The number of anilines is 1. The number of rotatable bonds is 2. The molecule has 1 N–H and O–H groups in total. The molecule has 3 amide bonds. The third-order valence-electron chi connectivity index (χ3n) is 2.16. The molecule has 1 aliphatic heterocycles. The summed E-state index contributed by atoms with van der Waals surface area (Å²) in [7, 11) is 0. The van der Waals surface area contributed by atoms with Crippen molar-refractivity contribution >= 4 is 29.4 Å². The number of urea groups is 1. The van der Waals surface area contributed by atoms with Gasteiger partial charge in [0.25, 0.3) is 0 Å². The van der Waals surface area contributed by atoms with Crippen LogP contribution in [0, 0.1) is 0 Å². The smallest absolute Gasteiger partial charge is 0.278 e. The molecule has 0 unspecified atom stereocenters. The number of carbonyl (C=O) groups is 2. The van der Waals surface area contributed by atoms with Gasteiger partial charge in [0, 0.05) is 13.0 Å². The van der Waals surface area contributed by atoms with E-state index in [4.69, 9.17) is 11.6 Å². The Morgan fingerprint density at radius 1 is 1.38 bits per heavy atom. The lowest BCUT2D eigenvalue weighted by molar-refractivity contribution is -0.120. The fourth-order valence-corrected chi connectivity index (χ4v) is 1.48. The van der Waals surface area contributed by atoms with E-state index in [2.05, 4.69) is 15.3 Å². The Kier molecular flexibility index (Phi) is 3.00. The van der Waals surface area contributed by atoms with Crippen LogP contribution >= 0.6 is 11.6 Å². The van der Waals surface area contributed by atoms with E-state index in [9.17, 15) is 9.59 Å². The molecule has 2 rings (SSSR count). The molecule has 1 aromatic rings. The van der Waals surface area contributed by atoms with E-state index in [0.717, 1.165) is 0 Å². The number of amides is 3. The summed E-state index contributed by atoms with van der Waals surface area (Å²) in [5, 5.41) is 2.21. The number of hydrogen-bond acceptors (Lipinski definition) is 4. The van der Waals surface area contributed by atoms with E-state index >= 15 is 0 Å². The van der Waals surface area contributed by atoms with Gasteiger partial charge in [-0.1, -0.05) is 0 Å². The first-order chi connectivity index (χ1) is 7.70. The van der Waals surface area contributed by atoms with E-state index < -0.39 is 6.03 Å². The predicted molar refractivity (Wildman–Crippen MR) is 57.1 cm³/mol. The average Bonchev–Trinajstić information content (AvgIpc) is 2.29. The number of hydrogen-bond donors (Lipinski definition) is 1. The van der Waals surface area contributed by atoms with E-state index in [-0.39, 0.29) is 18.2 Å². The van der Waals surface area contributed by atoms with Crippen molar-refractivity contribution in [3.8, 4) is 0 Å². The SMILES string of the molecule is O=C1CCN(c2cnc(CCl)cn2)C(=O)N1. The summed E-state index contributed by atoms with van der Waals surface area (Å²) >= 11 is 5.57. The summed E-state index contributed by atoms with van der Waals surface area (Å²) in [6, 6.07) is -0.468. The zero-order valence-electron chi connectivity index (χ0n) is 8.31. The summed E-state index contributed by atoms with van der Waals surface area (Å²) in [5.74, 6) is 0.420. The number of halogens is 1. The second-order valence-electron chi connectivity index (χ2n) is 3.25. The highest BCUT2D eigenvalue weighted by atomic mass is 35.5. The van der Waals surface area contributed by atoms with Crippen molar-refractivity contribution in [2.75, 3.05) is 11.4 Å². The highest BCUT2D eigenvalue weighted by Crippen LogP contribution is 2.13. The standard InChI is InChI=1S/C9H9ClN4O2/c10-3-6-4-12-7(5-11-6)14-2-1-8(15)13-9(14)16/h4-5H,1-3H2,(H,13,15,16).